The maximum atomic E-state index is 13.0. The third-order valence-electron chi connectivity index (χ3n) is 4.14. The molecule has 0 saturated carbocycles. The zero-order chi connectivity index (χ0) is 16.7. The highest BCUT2D eigenvalue weighted by atomic mass is 127. The van der Waals surface area contributed by atoms with Crippen LogP contribution in [0.2, 0.25) is 0 Å². The Morgan fingerprint density at radius 1 is 1.38 bits per heavy atom. The van der Waals surface area contributed by atoms with Crippen LogP contribution in [0.3, 0.4) is 0 Å². The summed E-state index contributed by atoms with van der Waals surface area (Å²) >= 11 is 2.02. The van der Waals surface area contributed by atoms with Crippen molar-refractivity contribution in [2.45, 2.75) is 30.6 Å². The molecule has 4 nitrogen and oxygen atoms in total. The fourth-order valence-corrected chi connectivity index (χ4v) is 3.92. The number of aliphatic imine (C=N–C) groups is 1. The topological polar surface area (TPSA) is 45.7 Å². The summed E-state index contributed by atoms with van der Waals surface area (Å²) < 4.78 is 18.8. The Morgan fingerprint density at radius 3 is 2.62 bits per heavy atom. The molecule has 24 heavy (non-hydrogen) atoms. The van der Waals surface area contributed by atoms with Crippen molar-refractivity contribution in [2.75, 3.05) is 33.0 Å². The molecule has 2 atom stereocenters. The zero-order valence-corrected chi connectivity index (χ0v) is 17.6. The highest BCUT2D eigenvalue weighted by Gasteiger charge is 2.29. The van der Waals surface area contributed by atoms with Gasteiger partial charge in [0.15, 0.2) is 5.96 Å². The molecule has 1 aromatic rings. The lowest BCUT2D eigenvalue weighted by Crippen LogP contribution is -2.44. The van der Waals surface area contributed by atoms with Gasteiger partial charge in [-0.3, -0.25) is 4.99 Å². The van der Waals surface area contributed by atoms with Crippen LogP contribution in [-0.4, -0.2) is 43.7 Å². The number of benzene rings is 1. The molecule has 1 aliphatic rings. The fourth-order valence-electron chi connectivity index (χ4n) is 2.67. The molecule has 0 radical (unpaired) electrons. The average Bonchev–Trinajstić information content (AvgIpc) is 2.99. The van der Waals surface area contributed by atoms with E-state index in [1.165, 1.54) is 30.7 Å². The van der Waals surface area contributed by atoms with Crippen LogP contribution >= 0.6 is 35.7 Å². The van der Waals surface area contributed by atoms with Crippen molar-refractivity contribution in [3.63, 3.8) is 0 Å². The van der Waals surface area contributed by atoms with Crippen LogP contribution in [-0.2, 0) is 4.74 Å². The Hall–Kier alpha value is -0.540. The number of guanidine groups is 1. The Bertz CT molecular complexity index is 521. The second-order valence-electron chi connectivity index (χ2n) is 5.98. The monoisotopic (exact) mass is 467 g/mol. The summed E-state index contributed by atoms with van der Waals surface area (Å²) in [7, 11) is 3.42. The molecule has 2 N–H and O–H groups in total. The molecule has 1 aromatic carbocycles. The van der Waals surface area contributed by atoms with E-state index in [-0.39, 0.29) is 40.6 Å². The Kier molecular flexibility index (Phi) is 9.36. The normalized spacial score (nSPS) is 21.9. The van der Waals surface area contributed by atoms with Crippen LogP contribution in [0.25, 0.3) is 0 Å². The Balaban J connectivity index is 0.00000288. The van der Waals surface area contributed by atoms with Crippen LogP contribution in [0.4, 0.5) is 4.39 Å². The van der Waals surface area contributed by atoms with Gasteiger partial charge in [0, 0.05) is 32.0 Å². The van der Waals surface area contributed by atoms with E-state index in [1.807, 2.05) is 11.8 Å². The average molecular weight is 467 g/mol. The first-order valence-corrected chi connectivity index (χ1v) is 8.91. The molecule has 1 saturated heterocycles. The van der Waals surface area contributed by atoms with E-state index in [1.54, 1.807) is 26.3 Å². The lowest BCUT2D eigenvalue weighted by molar-refractivity contribution is 0.106. The molecule has 1 heterocycles. The molecule has 1 aliphatic heterocycles. The van der Waals surface area contributed by atoms with Crippen LogP contribution in [0, 0.1) is 5.82 Å². The van der Waals surface area contributed by atoms with Crippen molar-refractivity contribution < 1.29 is 9.13 Å². The van der Waals surface area contributed by atoms with Gasteiger partial charge >= 0.3 is 0 Å². The van der Waals surface area contributed by atoms with Crippen molar-refractivity contribution in [2.24, 2.45) is 4.99 Å². The maximum absolute atomic E-state index is 13.0. The number of rotatable bonds is 6. The van der Waals surface area contributed by atoms with Crippen LogP contribution < -0.4 is 10.6 Å². The van der Waals surface area contributed by atoms with Gasteiger partial charge in [-0.05, 0) is 43.2 Å². The van der Waals surface area contributed by atoms with Crippen molar-refractivity contribution in [1.29, 1.82) is 0 Å². The molecule has 1 fully saturated rings. The first-order chi connectivity index (χ1) is 11.1. The van der Waals surface area contributed by atoms with Gasteiger partial charge < -0.3 is 15.4 Å². The molecule has 0 aliphatic carbocycles. The highest BCUT2D eigenvalue weighted by Crippen LogP contribution is 2.36. The summed E-state index contributed by atoms with van der Waals surface area (Å²) in [5.74, 6) is 1.76. The number of ether oxygens (including phenoxy) is 1. The summed E-state index contributed by atoms with van der Waals surface area (Å²) in [4.78, 5) is 4.26. The van der Waals surface area contributed by atoms with Gasteiger partial charge in [-0.1, -0.05) is 12.1 Å². The van der Waals surface area contributed by atoms with E-state index < -0.39 is 0 Å². The van der Waals surface area contributed by atoms with Crippen molar-refractivity contribution >= 4 is 41.7 Å². The summed E-state index contributed by atoms with van der Waals surface area (Å²) in [6.07, 6.45) is 2.37. The predicted molar refractivity (Wildman–Crippen MR) is 111 cm³/mol. The van der Waals surface area contributed by atoms with Gasteiger partial charge in [-0.15, -0.1) is 24.0 Å². The number of methoxy groups -OCH3 is 1. The van der Waals surface area contributed by atoms with Crippen LogP contribution in [0.1, 0.15) is 31.4 Å². The molecule has 0 spiro atoms. The number of nitrogens with one attached hydrogen (secondary N) is 2. The summed E-state index contributed by atoms with van der Waals surface area (Å²) in [5.41, 5.74) is 0.940. The molecule has 0 amide bonds. The fraction of sp³-hybridized carbons (Fsp3) is 0.588. The van der Waals surface area contributed by atoms with Crippen LogP contribution in [0.15, 0.2) is 29.3 Å². The highest BCUT2D eigenvalue weighted by molar-refractivity contribution is 14.0. The van der Waals surface area contributed by atoms with E-state index >= 15 is 0 Å². The number of hydrogen-bond donors (Lipinski definition) is 2. The second kappa shape index (κ2) is 10.5. The second-order valence-corrected chi connectivity index (χ2v) is 7.67. The van der Waals surface area contributed by atoms with Gasteiger partial charge in [0.05, 0.1) is 6.10 Å². The Morgan fingerprint density at radius 2 is 2.08 bits per heavy atom. The van der Waals surface area contributed by atoms with E-state index in [0.717, 1.165) is 18.1 Å². The first kappa shape index (κ1) is 21.5. The molecule has 0 bridgehead atoms. The van der Waals surface area contributed by atoms with E-state index in [2.05, 4.69) is 22.5 Å². The minimum atomic E-state index is -0.239. The van der Waals surface area contributed by atoms with Crippen molar-refractivity contribution in [3.05, 3.63) is 35.6 Å². The number of thioether (sulfide) groups is 1. The third-order valence-corrected chi connectivity index (χ3v) is 5.67. The van der Waals surface area contributed by atoms with Gasteiger partial charge in [-0.2, -0.15) is 11.8 Å². The maximum Gasteiger partial charge on any atom is 0.191 e. The summed E-state index contributed by atoms with van der Waals surface area (Å²) in [5, 5.41) is 6.68. The van der Waals surface area contributed by atoms with E-state index in [4.69, 9.17) is 4.74 Å². The number of halogens is 2. The molecule has 7 heteroatoms. The number of hydrogen-bond acceptors (Lipinski definition) is 3. The third kappa shape index (κ3) is 6.40. The lowest BCUT2D eigenvalue weighted by Gasteiger charge is -2.25. The molecular weight excluding hydrogens is 440 g/mol. The molecule has 136 valence electrons. The largest absolute Gasteiger partial charge is 0.375 e. The van der Waals surface area contributed by atoms with E-state index in [9.17, 15) is 4.39 Å². The molecule has 2 rings (SSSR count). The van der Waals surface area contributed by atoms with Crippen LogP contribution in [0.5, 0.6) is 0 Å². The van der Waals surface area contributed by atoms with Gasteiger partial charge in [0.2, 0.25) is 0 Å². The van der Waals surface area contributed by atoms with Gasteiger partial charge in [0.1, 0.15) is 5.82 Å². The van der Waals surface area contributed by atoms with Gasteiger partial charge in [-0.25, -0.2) is 4.39 Å². The molecule has 0 aromatic heterocycles. The van der Waals surface area contributed by atoms with Gasteiger partial charge in [0.25, 0.3) is 0 Å². The van der Waals surface area contributed by atoms with Crippen molar-refractivity contribution in [1.82, 2.24) is 10.6 Å². The minimum absolute atomic E-state index is 0. The summed E-state index contributed by atoms with van der Waals surface area (Å²) in [6.45, 7) is 3.76. The zero-order valence-electron chi connectivity index (χ0n) is 14.5. The standard InChI is InChI=1S/C17H26FN3OS.HI/c1-17(9-4-10-23-17)12-21-16(19-2)20-11-15(22-3)13-5-7-14(18)8-6-13;/h5-8,15H,4,9-12H2,1-3H3,(H2,19,20,21);1H. The predicted octanol–water partition coefficient (Wildman–Crippen LogP) is 3.58. The SMILES string of the molecule is CN=C(NCC(OC)c1ccc(F)cc1)NCC1(C)CCCS1.I. The number of nitrogens with zero attached hydrogens (tertiary/aromatic N) is 1. The quantitative estimate of drug-likeness (QED) is 0.382. The smallest absolute Gasteiger partial charge is 0.191 e. The lowest BCUT2D eigenvalue weighted by atomic mass is 10.1. The first-order valence-electron chi connectivity index (χ1n) is 7.93. The minimum Gasteiger partial charge on any atom is -0.375 e. The summed E-state index contributed by atoms with van der Waals surface area (Å²) in [6, 6.07) is 6.40. The Labute approximate surface area is 165 Å². The molecular formula is C17H27FIN3OS. The van der Waals surface area contributed by atoms with Crippen molar-refractivity contribution in [3.8, 4) is 0 Å². The van der Waals surface area contributed by atoms with E-state index in [0.29, 0.717) is 6.54 Å². The molecule has 2 unspecified atom stereocenters.